The van der Waals surface area contributed by atoms with Crippen molar-refractivity contribution in [2.24, 2.45) is 5.41 Å². The zero-order valence-electron chi connectivity index (χ0n) is 21.8. The van der Waals surface area contributed by atoms with Gasteiger partial charge in [0.1, 0.15) is 0 Å². The number of fused-ring (bicyclic) bond motifs is 3. The Morgan fingerprint density at radius 1 is 0.778 bits per heavy atom. The molecule has 0 fully saturated rings. The summed E-state index contributed by atoms with van der Waals surface area (Å²) in [6, 6.07) is 6.88. The highest BCUT2D eigenvalue weighted by Gasteiger charge is 2.57. The number of hydrogen-bond acceptors (Lipinski definition) is 6. The summed E-state index contributed by atoms with van der Waals surface area (Å²) in [4.78, 5) is 0. The predicted octanol–water partition coefficient (Wildman–Crippen LogP) is 5.75. The van der Waals surface area contributed by atoms with Gasteiger partial charge in [-0.05, 0) is 75.2 Å². The second kappa shape index (κ2) is 15.3. The highest BCUT2D eigenvalue weighted by molar-refractivity contribution is 14.1. The summed E-state index contributed by atoms with van der Waals surface area (Å²) in [5, 5.41) is 0. The molecule has 3 rings (SSSR count). The van der Waals surface area contributed by atoms with Crippen LogP contribution in [0.1, 0.15) is 37.3 Å². The zero-order valence-corrected chi connectivity index (χ0v) is 25.5. The Bertz CT molecular complexity index is 869. The third kappa shape index (κ3) is 7.40. The molecule has 1 aromatic carbocycles. The van der Waals surface area contributed by atoms with Crippen LogP contribution in [-0.2, 0) is 33.8 Å². The summed E-state index contributed by atoms with van der Waals surface area (Å²) in [5.74, 6) is 0. The van der Waals surface area contributed by atoms with Crippen molar-refractivity contribution in [2.75, 3.05) is 80.3 Å². The Hall–Kier alpha value is -0.330. The molecule has 0 unspecified atom stereocenters. The molecule has 0 spiro atoms. The smallest absolute Gasteiger partial charge is 0.0701 e. The van der Waals surface area contributed by atoms with Crippen molar-refractivity contribution in [2.45, 2.75) is 31.6 Å². The summed E-state index contributed by atoms with van der Waals surface area (Å²) in [7, 11) is 3.36. The molecule has 0 radical (unpaired) electrons. The standard InChI is InChI=1S/C28H40BrIO6/c1-27-21-22(29)4-7-25(27)24-6-5-23(30)20-26(24)28(27,8-10-33-16-18-35-14-12-31-2)9-11-34-17-19-36-15-13-32-3/h4-7,20H,8-19,21H2,1-3H3/t27-/m1/s1. The van der Waals surface area contributed by atoms with Crippen molar-refractivity contribution in [1.82, 2.24) is 0 Å². The highest BCUT2D eigenvalue weighted by Crippen LogP contribution is 2.65. The van der Waals surface area contributed by atoms with Crippen LogP contribution >= 0.6 is 38.5 Å². The normalized spacial score (nSPS) is 20.1. The molecule has 0 amide bonds. The summed E-state index contributed by atoms with van der Waals surface area (Å²) >= 11 is 6.24. The molecule has 6 nitrogen and oxygen atoms in total. The maximum Gasteiger partial charge on any atom is 0.0701 e. The second-order valence-electron chi connectivity index (χ2n) is 9.41. The third-order valence-electron chi connectivity index (χ3n) is 7.35. The fourth-order valence-corrected chi connectivity index (χ4v) is 6.66. The predicted molar refractivity (Wildman–Crippen MR) is 155 cm³/mol. The van der Waals surface area contributed by atoms with E-state index >= 15 is 0 Å². The average molecular weight is 679 g/mol. The van der Waals surface area contributed by atoms with E-state index < -0.39 is 0 Å². The first-order valence-corrected chi connectivity index (χ1v) is 14.5. The van der Waals surface area contributed by atoms with Crippen molar-refractivity contribution in [1.29, 1.82) is 0 Å². The largest absolute Gasteiger partial charge is 0.382 e. The molecule has 1 aromatic rings. The molecular weight excluding hydrogens is 639 g/mol. The van der Waals surface area contributed by atoms with Crippen molar-refractivity contribution in [3.05, 3.63) is 49.5 Å². The number of allylic oxidation sites excluding steroid dienone is 4. The monoisotopic (exact) mass is 678 g/mol. The summed E-state index contributed by atoms with van der Waals surface area (Å²) < 4.78 is 35.9. The molecule has 1 atom stereocenters. The highest BCUT2D eigenvalue weighted by atomic mass is 127. The van der Waals surface area contributed by atoms with Crippen LogP contribution in [0.5, 0.6) is 0 Å². The van der Waals surface area contributed by atoms with Crippen molar-refractivity contribution >= 4 is 44.1 Å². The van der Waals surface area contributed by atoms with Crippen LogP contribution in [0.15, 0.2) is 34.8 Å². The lowest BCUT2D eigenvalue weighted by Crippen LogP contribution is -2.43. The molecular formula is C28H40BrIO6. The van der Waals surface area contributed by atoms with Gasteiger partial charge >= 0.3 is 0 Å². The van der Waals surface area contributed by atoms with Crippen molar-refractivity contribution in [3.8, 4) is 0 Å². The van der Waals surface area contributed by atoms with Gasteiger partial charge in [0.2, 0.25) is 0 Å². The number of ether oxygens (including phenoxy) is 6. The molecule has 0 N–H and O–H groups in total. The van der Waals surface area contributed by atoms with E-state index in [2.05, 4.69) is 75.8 Å². The van der Waals surface area contributed by atoms with Crippen molar-refractivity contribution < 1.29 is 28.4 Å². The van der Waals surface area contributed by atoms with E-state index in [1.54, 1.807) is 14.2 Å². The number of halogens is 2. The van der Waals surface area contributed by atoms with Gasteiger partial charge in [-0.1, -0.05) is 41.1 Å². The Morgan fingerprint density at radius 3 is 1.86 bits per heavy atom. The van der Waals surface area contributed by atoms with Gasteiger partial charge in [0.15, 0.2) is 0 Å². The van der Waals surface area contributed by atoms with E-state index in [9.17, 15) is 0 Å². The van der Waals surface area contributed by atoms with E-state index in [1.807, 2.05) is 0 Å². The molecule has 0 saturated heterocycles. The van der Waals surface area contributed by atoms with Gasteiger partial charge in [-0.3, -0.25) is 0 Å². The first-order valence-electron chi connectivity index (χ1n) is 12.6. The summed E-state index contributed by atoms with van der Waals surface area (Å²) in [6.07, 6.45) is 7.30. The molecule has 0 bridgehead atoms. The zero-order chi connectivity index (χ0) is 25.9. The SMILES string of the molecule is COCCOCCOCCC1(CCOCCOCCOC)c2cc(I)ccc2C2=CC=C(Br)C[C@]21C. The van der Waals surface area contributed by atoms with Crippen molar-refractivity contribution in [3.63, 3.8) is 0 Å². The molecule has 2 aliphatic rings. The molecule has 202 valence electrons. The number of rotatable bonds is 18. The maximum atomic E-state index is 6.09. The van der Waals surface area contributed by atoms with Crippen LogP contribution < -0.4 is 0 Å². The van der Waals surface area contributed by atoms with E-state index in [-0.39, 0.29) is 10.8 Å². The molecule has 0 heterocycles. The Kier molecular flexibility index (Phi) is 12.8. The Labute approximate surface area is 238 Å². The minimum Gasteiger partial charge on any atom is -0.382 e. The van der Waals surface area contributed by atoms with Crippen LogP contribution in [0.3, 0.4) is 0 Å². The lowest BCUT2D eigenvalue weighted by atomic mass is 9.58. The van der Waals surface area contributed by atoms with E-state index in [4.69, 9.17) is 28.4 Å². The number of methoxy groups -OCH3 is 2. The van der Waals surface area contributed by atoms with Gasteiger partial charge in [-0.25, -0.2) is 0 Å². The molecule has 0 saturated carbocycles. The van der Waals surface area contributed by atoms with Gasteiger partial charge in [0.05, 0.1) is 52.9 Å². The van der Waals surface area contributed by atoms with E-state index in [0.717, 1.165) is 19.3 Å². The van der Waals surface area contributed by atoms with E-state index in [0.29, 0.717) is 66.1 Å². The maximum absolute atomic E-state index is 6.09. The first-order chi connectivity index (χ1) is 17.5. The molecule has 0 aliphatic heterocycles. The number of benzene rings is 1. The van der Waals surface area contributed by atoms with Gasteiger partial charge in [0, 0.05) is 41.8 Å². The van der Waals surface area contributed by atoms with Crippen LogP contribution in [-0.4, -0.2) is 80.3 Å². The Balaban J connectivity index is 1.73. The fraction of sp³-hybridized carbons (Fsp3) is 0.643. The molecule has 36 heavy (non-hydrogen) atoms. The lowest BCUT2D eigenvalue weighted by Gasteiger charge is -2.47. The fourth-order valence-electron chi connectivity index (χ4n) is 5.48. The lowest BCUT2D eigenvalue weighted by molar-refractivity contribution is 0.00326. The van der Waals surface area contributed by atoms with Crippen LogP contribution in [0.25, 0.3) is 5.57 Å². The van der Waals surface area contributed by atoms with Crippen LogP contribution in [0.4, 0.5) is 0 Å². The van der Waals surface area contributed by atoms with Gasteiger partial charge in [-0.2, -0.15) is 0 Å². The first kappa shape index (κ1) is 30.2. The topological polar surface area (TPSA) is 55.4 Å². The molecule has 8 heteroatoms. The second-order valence-corrected chi connectivity index (χ2v) is 11.7. The quantitative estimate of drug-likeness (QED) is 0.146. The Morgan fingerprint density at radius 2 is 1.31 bits per heavy atom. The van der Waals surface area contributed by atoms with Crippen LogP contribution in [0.2, 0.25) is 0 Å². The minimum absolute atomic E-state index is 0.0516. The van der Waals surface area contributed by atoms with Crippen LogP contribution in [0, 0.1) is 8.99 Å². The minimum atomic E-state index is -0.101. The van der Waals surface area contributed by atoms with E-state index in [1.165, 1.54) is 24.8 Å². The molecule has 2 aliphatic carbocycles. The van der Waals surface area contributed by atoms with Gasteiger partial charge in [-0.15, -0.1) is 0 Å². The molecule has 0 aromatic heterocycles. The summed E-state index contributed by atoms with van der Waals surface area (Å²) in [5.41, 5.74) is 4.04. The van der Waals surface area contributed by atoms with Gasteiger partial charge in [0.25, 0.3) is 0 Å². The third-order valence-corrected chi connectivity index (χ3v) is 8.56. The average Bonchev–Trinajstić information content (AvgIpc) is 3.06. The van der Waals surface area contributed by atoms with Gasteiger partial charge < -0.3 is 28.4 Å². The number of hydrogen-bond donors (Lipinski definition) is 0. The summed E-state index contributed by atoms with van der Waals surface area (Å²) in [6.45, 7) is 8.46.